The minimum Gasteiger partial charge on any atom is -0.329 e. The molecule has 2 rings (SSSR count). The summed E-state index contributed by atoms with van der Waals surface area (Å²) < 4.78 is 1.94. The van der Waals surface area contributed by atoms with Gasteiger partial charge in [0, 0.05) is 31.4 Å². The topological polar surface area (TPSA) is 47.1 Å². The molecule has 4 nitrogen and oxygen atoms in total. The first-order valence-corrected chi connectivity index (χ1v) is 7.52. The van der Waals surface area contributed by atoms with E-state index in [2.05, 4.69) is 24.0 Å². The lowest BCUT2D eigenvalue weighted by molar-refractivity contribution is 0.185. The minimum atomic E-state index is 0.302. The Bertz CT molecular complexity index is 393. The summed E-state index contributed by atoms with van der Waals surface area (Å²) in [5.41, 5.74) is 8.52. The number of rotatable bonds is 5. The number of nitrogens with zero attached hydrogens (tertiary/aromatic N) is 3. The Labute approximate surface area is 117 Å². The van der Waals surface area contributed by atoms with Crippen LogP contribution in [0.4, 0.5) is 0 Å². The van der Waals surface area contributed by atoms with Gasteiger partial charge in [-0.2, -0.15) is 5.10 Å². The van der Waals surface area contributed by atoms with Gasteiger partial charge in [0.25, 0.3) is 0 Å². The summed E-state index contributed by atoms with van der Waals surface area (Å²) in [7, 11) is 4.20. The van der Waals surface area contributed by atoms with Crippen LogP contribution in [0, 0.1) is 12.8 Å². The van der Waals surface area contributed by atoms with Gasteiger partial charge in [0.15, 0.2) is 0 Å². The summed E-state index contributed by atoms with van der Waals surface area (Å²) in [6, 6.07) is 0.302. The fourth-order valence-corrected chi connectivity index (χ4v) is 3.29. The zero-order valence-electron chi connectivity index (χ0n) is 12.6. The van der Waals surface area contributed by atoms with Gasteiger partial charge in [-0.25, -0.2) is 0 Å². The normalized spacial score (nSPS) is 19.0. The molecule has 0 amide bonds. The monoisotopic (exact) mass is 264 g/mol. The van der Waals surface area contributed by atoms with E-state index in [1.165, 1.54) is 43.4 Å². The molecule has 0 aromatic carbocycles. The van der Waals surface area contributed by atoms with Crippen molar-refractivity contribution in [1.29, 1.82) is 0 Å². The zero-order chi connectivity index (χ0) is 13.8. The van der Waals surface area contributed by atoms with Crippen molar-refractivity contribution in [3.05, 3.63) is 17.5 Å². The molecule has 108 valence electrons. The molecule has 1 fully saturated rings. The quantitative estimate of drug-likeness (QED) is 0.887. The van der Waals surface area contributed by atoms with E-state index in [4.69, 9.17) is 5.73 Å². The molecular weight excluding hydrogens is 236 g/mol. The maximum atomic E-state index is 6.01. The number of hydrogen-bond acceptors (Lipinski definition) is 3. The molecule has 0 saturated heterocycles. The molecule has 4 heteroatoms. The standard InChI is InChI=1S/C15H28N4/c1-12-14(10-17-19(12)3)15(9-16)18(2)11-13-7-5-4-6-8-13/h10,13,15H,4-9,11,16H2,1-3H3. The third-order valence-corrected chi connectivity index (χ3v) is 4.66. The van der Waals surface area contributed by atoms with E-state index >= 15 is 0 Å². The zero-order valence-corrected chi connectivity index (χ0v) is 12.6. The van der Waals surface area contributed by atoms with Gasteiger partial charge < -0.3 is 5.73 Å². The molecule has 0 bridgehead atoms. The third kappa shape index (κ3) is 3.37. The molecule has 0 spiro atoms. The highest BCUT2D eigenvalue weighted by Crippen LogP contribution is 2.28. The number of aryl methyl sites for hydroxylation is 1. The molecule has 1 aliphatic rings. The second-order valence-corrected chi connectivity index (χ2v) is 6.00. The molecule has 0 radical (unpaired) electrons. The first-order chi connectivity index (χ1) is 9.13. The highest BCUT2D eigenvalue weighted by atomic mass is 15.3. The summed E-state index contributed by atoms with van der Waals surface area (Å²) in [6.45, 7) is 3.95. The Morgan fingerprint density at radius 3 is 2.63 bits per heavy atom. The van der Waals surface area contributed by atoms with Gasteiger partial charge in [0.1, 0.15) is 0 Å². The van der Waals surface area contributed by atoms with Crippen molar-refractivity contribution >= 4 is 0 Å². The number of hydrogen-bond donors (Lipinski definition) is 1. The summed E-state index contributed by atoms with van der Waals surface area (Å²) >= 11 is 0. The van der Waals surface area contributed by atoms with Crippen LogP contribution in [0.25, 0.3) is 0 Å². The molecule has 1 atom stereocenters. The van der Waals surface area contributed by atoms with Gasteiger partial charge in [0.2, 0.25) is 0 Å². The van der Waals surface area contributed by atoms with Crippen LogP contribution in [0.1, 0.15) is 49.4 Å². The average Bonchev–Trinajstić information content (AvgIpc) is 2.73. The number of aromatic nitrogens is 2. The van der Waals surface area contributed by atoms with E-state index in [0.29, 0.717) is 12.6 Å². The van der Waals surface area contributed by atoms with E-state index in [-0.39, 0.29) is 0 Å². The largest absolute Gasteiger partial charge is 0.329 e. The lowest BCUT2D eigenvalue weighted by Crippen LogP contribution is -2.35. The molecule has 1 aromatic heterocycles. The maximum Gasteiger partial charge on any atom is 0.0540 e. The Balaban J connectivity index is 2.02. The summed E-state index contributed by atoms with van der Waals surface area (Å²) in [4.78, 5) is 2.43. The summed E-state index contributed by atoms with van der Waals surface area (Å²) in [5, 5.41) is 4.35. The summed E-state index contributed by atoms with van der Waals surface area (Å²) in [5.74, 6) is 0.852. The minimum absolute atomic E-state index is 0.302. The fraction of sp³-hybridized carbons (Fsp3) is 0.800. The molecule has 1 aromatic rings. The predicted octanol–water partition coefficient (Wildman–Crippen LogP) is 2.24. The highest BCUT2D eigenvalue weighted by Gasteiger charge is 2.23. The molecule has 1 unspecified atom stereocenters. The molecule has 1 heterocycles. The fourth-order valence-electron chi connectivity index (χ4n) is 3.29. The predicted molar refractivity (Wildman–Crippen MR) is 78.9 cm³/mol. The van der Waals surface area contributed by atoms with Gasteiger partial charge >= 0.3 is 0 Å². The van der Waals surface area contributed by atoms with Crippen molar-refractivity contribution in [3.63, 3.8) is 0 Å². The third-order valence-electron chi connectivity index (χ3n) is 4.66. The van der Waals surface area contributed by atoms with Crippen LogP contribution in [0.3, 0.4) is 0 Å². The summed E-state index contributed by atoms with van der Waals surface area (Å²) in [6.07, 6.45) is 8.96. The van der Waals surface area contributed by atoms with E-state index < -0.39 is 0 Å². The van der Waals surface area contributed by atoms with Crippen LogP contribution >= 0.6 is 0 Å². The molecule has 0 aliphatic heterocycles. The second-order valence-electron chi connectivity index (χ2n) is 6.00. The van der Waals surface area contributed by atoms with Crippen LogP contribution in [-0.4, -0.2) is 34.8 Å². The van der Waals surface area contributed by atoms with Crippen LogP contribution < -0.4 is 5.73 Å². The lowest BCUT2D eigenvalue weighted by Gasteiger charge is -2.32. The van der Waals surface area contributed by atoms with Crippen LogP contribution in [0.15, 0.2) is 6.20 Å². The number of likely N-dealkylation sites (N-methyl/N-ethyl adjacent to an activating group) is 1. The highest BCUT2D eigenvalue weighted by molar-refractivity contribution is 5.21. The van der Waals surface area contributed by atoms with E-state index in [0.717, 1.165) is 12.5 Å². The first-order valence-electron chi connectivity index (χ1n) is 7.52. The Morgan fingerprint density at radius 2 is 2.11 bits per heavy atom. The van der Waals surface area contributed by atoms with Crippen molar-refractivity contribution in [1.82, 2.24) is 14.7 Å². The first kappa shape index (κ1) is 14.5. The van der Waals surface area contributed by atoms with Crippen LogP contribution in [-0.2, 0) is 7.05 Å². The molecule has 2 N–H and O–H groups in total. The molecule has 1 saturated carbocycles. The van der Waals surface area contributed by atoms with E-state index in [1.807, 2.05) is 17.9 Å². The van der Waals surface area contributed by atoms with Crippen LogP contribution in [0.2, 0.25) is 0 Å². The van der Waals surface area contributed by atoms with Gasteiger partial charge in [-0.05, 0) is 32.7 Å². The maximum absolute atomic E-state index is 6.01. The average molecular weight is 264 g/mol. The van der Waals surface area contributed by atoms with Gasteiger partial charge in [-0.1, -0.05) is 19.3 Å². The lowest BCUT2D eigenvalue weighted by atomic mass is 9.88. The molecular formula is C15H28N4. The van der Waals surface area contributed by atoms with Crippen LogP contribution in [0.5, 0.6) is 0 Å². The second kappa shape index (κ2) is 6.53. The van der Waals surface area contributed by atoms with Gasteiger partial charge in [0.05, 0.1) is 12.2 Å². The van der Waals surface area contributed by atoms with Gasteiger partial charge in [-0.3, -0.25) is 9.58 Å². The molecule has 19 heavy (non-hydrogen) atoms. The Hall–Kier alpha value is -0.870. The Kier molecular flexibility index (Phi) is 4.99. The molecule has 1 aliphatic carbocycles. The van der Waals surface area contributed by atoms with Crippen molar-refractivity contribution in [2.75, 3.05) is 20.1 Å². The number of nitrogens with two attached hydrogens (primary N) is 1. The van der Waals surface area contributed by atoms with E-state index in [9.17, 15) is 0 Å². The van der Waals surface area contributed by atoms with Crippen molar-refractivity contribution < 1.29 is 0 Å². The smallest absolute Gasteiger partial charge is 0.0540 e. The van der Waals surface area contributed by atoms with Crippen molar-refractivity contribution in [2.45, 2.75) is 45.1 Å². The SMILES string of the molecule is Cc1c(C(CN)N(C)CC2CCCCC2)cnn1C. The van der Waals surface area contributed by atoms with Crippen molar-refractivity contribution in [3.8, 4) is 0 Å². The van der Waals surface area contributed by atoms with Gasteiger partial charge in [-0.15, -0.1) is 0 Å². The Morgan fingerprint density at radius 1 is 1.42 bits per heavy atom. The van der Waals surface area contributed by atoms with E-state index in [1.54, 1.807) is 0 Å². The van der Waals surface area contributed by atoms with Crippen molar-refractivity contribution in [2.24, 2.45) is 18.7 Å².